The highest BCUT2D eigenvalue weighted by atomic mass is 19.4. The van der Waals surface area contributed by atoms with Crippen molar-refractivity contribution in [3.05, 3.63) is 63.7 Å². The zero-order valence-electron chi connectivity index (χ0n) is 17.3. The summed E-state index contributed by atoms with van der Waals surface area (Å²) in [5.41, 5.74) is 0.146. The molecule has 0 saturated carbocycles. The number of nitro benzene ring substituents is 1. The normalized spacial score (nSPS) is 13.5. The molecule has 12 heteroatoms. The Morgan fingerprint density at radius 1 is 1.12 bits per heavy atom. The van der Waals surface area contributed by atoms with Gasteiger partial charge in [-0.1, -0.05) is 18.2 Å². The number of benzene rings is 2. The molecule has 0 aromatic heterocycles. The van der Waals surface area contributed by atoms with Crippen molar-refractivity contribution in [1.82, 2.24) is 5.32 Å². The highest BCUT2D eigenvalue weighted by Gasteiger charge is 2.32. The van der Waals surface area contributed by atoms with Gasteiger partial charge in [-0.3, -0.25) is 14.9 Å². The lowest BCUT2D eigenvalue weighted by Crippen LogP contribution is -2.29. The number of alkyl halides is 3. The lowest BCUT2D eigenvalue weighted by atomic mass is 10.1. The number of hydrogen-bond acceptors (Lipinski definition) is 7. The Bertz CT molecular complexity index is 1040. The van der Waals surface area contributed by atoms with Crippen LogP contribution < -0.4 is 15.0 Å². The second kappa shape index (κ2) is 10.2. The first-order valence-corrected chi connectivity index (χ1v) is 9.95. The van der Waals surface area contributed by atoms with Crippen molar-refractivity contribution >= 4 is 23.3 Å². The summed E-state index contributed by atoms with van der Waals surface area (Å²) in [6.45, 7) is 0.353. The third-order valence-electron chi connectivity index (χ3n) is 4.86. The van der Waals surface area contributed by atoms with Crippen LogP contribution in [-0.4, -0.2) is 42.9 Å². The van der Waals surface area contributed by atoms with Gasteiger partial charge in [-0.15, -0.1) is 13.2 Å². The van der Waals surface area contributed by atoms with E-state index in [9.17, 15) is 32.9 Å². The summed E-state index contributed by atoms with van der Waals surface area (Å²) < 4.78 is 46.2. The van der Waals surface area contributed by atoms with Gasteiger partial charge in [0, 0.05) is 31.3 Å². The fourth-order valence-electron chi connectivity index (χ4n) is 3.36. The molecule has 2 aromatic carbocycles. The van der Waals surface area contributed by atoms with Crippen LogP contribution in [0.1, 0.15) is 28.8 Å². The number of carbonyl (C=O) groups excluding carboxylic acids is 2. The average molecular weight is 467 g/mol. The Balaban J connectivity index is 1.57. The van der Waals surface area contributed by atoms with Crippen LogP contribution in [-0.2, 0) is 16.1 Å². The van der Waals surface area contributed by atoms with Crippen LogP contribution in [0.25, 0.3) is 0 Å². The molecule has 1 aliphatic rings. The lowest BCUT2D eigenvalue weighted by Gasteiger charge is -2.17. The molecule has 0 aliphatic carbocycles. The van der Waals surface area contributed by atoms with E-state index in [-0.39, 0.29) is 23.4 Å². The summed E-state index contributed by atoms with van der Waals surface area (Å²) >= 11 is 0. The molecule has 1 saturated heterocycles. The molecule has 0 atom stereocenters. The number of anilines is 1. The van der Waals surface area contributed by atoms with Gasteiger partial charge in [0.15, 0.2) is 6.61 Å². The molecule has 9 nitrogen and oxygen atoms in total. The summed E-state index contributed by atoms with van der Waals surface area (Å²) in [6.07, 6.45) is -3.05. The maximum atomic E-state index is 12.5. The molecule has 0 bridgehead atoms. The molecule has 0 radical (unpaired) electrons. The van der Waals surface area contributed by atoms with Crippen LogP contribution in [0.5, 0.6) is 5.75 Å². The number of halogens is 3. The first-order chi connectivity index (χ1) is 15.6. The van der Waals surface area contributed by atoms with E-state index in [4.69, 9.17) is 4.74 Å². The molecule has 33 heavy (non-hydrogen) atoms. The smallest absolute Gasteiger partial charge is 0.452 e. The Kier molecular flexibility index (Phi) is 7.36. The number of para-hydroxylation sites is 1. The van der Waals surface area contributed by atoms with Crippen LogP contribution in [0.15, 0.2) is 42.5 Å². The standard InChI is InChI=1S/C21H20F3N3O6/c22-21(23,24)33-18-6-2-1-5-15(18)12-25-19(28)13-32-20(29)14-7-8-16(17(11-14)27(30)31)26-9-3-4-10-26/h1-2,5-8,11H,3-4,9-10,12-13H2,(H,25,28). The second-order valence-electron chi connectivity index (χ2n) is 7.16. The Labute approximate surface area is 186 Å². The van der Waals surface area contributed by atoms with Crippen LogP contribution in [0.4, 0.5) is 24.5 Å². The minimum atomic E-state index is -4.89. The van der Waals surface area contributed by atoms with Crippen LogP contribution in [0.2, 0.25) is 0 Å². The molecule has 176 valence electrons. The molecule has 1 aliphatic heterocycles. The fourth-order valence-corrected chi connectivity index (χ4v) is 3.36. The predicted octanol–water partition coefficient (Wildman–Crippen LogP) is 3.57. The van der Waals surface area contributed by atoms with Gasteiger partial charge < -0.3 is 19.7 Å². The fraction of sp³-hybridized carbons (Fsp3) is 0.333. The number of nitrogens with one attached hydrogen (secondary N) is 1. The first-order valence-electron chi connectivity index (χ1n) is 9.95. The number of nitro groups is 1. The van der Waals surface area contributed by atoms with Gasteiger partial charge in [-0.2, -0.15) is 0 Å². The minimum absolute atomic E-state index is 0.0719. The molecule has 0 unspecified atom stereocenters. The van der Waals surface area contributed by atoms with Gasteiger partial charge in [0.2, 0.25) is 0 Å². The van der Waals surface area contributed by atoms with Gasteiger partial charge in [0.1, 0.15) is 11.4 Å². The van der Waals surface area contributed by atoms with Crippen molar-refractivity contribution in [2.24, 2.45) is 0 Å². The van der Waals surface area contributed by atoms with Crippen molar-refractivity contribution in [3.63, 3.8) is 0 Å². The lowest BCUT2D eigenvalue weighted by molar-refractivity contribution is -0.384. The average Bonchev–Trinajstić information content (AvgIpc) is 3.30. The van der Waals surface area contributed by atoms with Crippen molar-refractivity contribution in [2.75, 3.05) is 24.6 Å². The summed E-state index contributed by atoms with van der Waals surface area (Å²) in [4.78, 5) is 37.0. The van der Waals surface area contributed by atoms with Crippen molar-refractivity contribution in [2.45, 2.75) is 25.7 Å². The number of esters is 1. The number of carbonyl (C=O) groups is 2. The van der Waals surface area contributed by atoms with Crippen molar-refractivity contribution < 1.29 is 37.2 Å². The first kappa shape index (κ1) is 23.8. The maximum Gasteiger partial charge on any atom is 0.573 e. The molecule has 1 amide bonds. The van der Waals surface area contributed by atoms with Gasteiger partial charge in [-0.05, 0) is 31.0 Å². The molecule has 1 heterocycles. The topological polar surface area (TPSA) is 111 Å². The number of ether oxygens (including phenoxy) is 2. The summed E-state index contributed by atoms with van der Waals surface area (Å²) in [5.74, 6) is -2.18. The zero-order chi connectivity index (χ0) is 24.0. The summed E-state index contributed by atoms with van der Waals surface area (Å²) in [5, 5.41) is 13.8. The third kappa shape index (κ3) is 6.57. The molecule has 1 N–H and O–H groups in total. The largest absolute Gasteiger partial charge is 0.573 e. The van der Waals surface area contributed by atoms with Gasteiger partial charge in [0.25, 0.3) is 11.6 Å². The van der Waals surface area contributed by atoms with E-state index >= 15 is 0 Å². The molecule has 3 rings (SSSR count). The zero-order valence-corrected chi connectivity index (χ0v) is 17.3. The van der Waals surface area contributed by atoms with Crippen LogP contribution in [0.3, 0.4) is 0 Å². The van der Waals surface area contributed by atoms with Gasteiger partial charge in [0.05, 0.1) is 10.5 Å². The van der Waals surface area contributed by atoms with E-state index in [0.717, 1.165) is 25.0 Å². The molecule has 1 fully saturated rings. The van der Waals surface area contributed by atoms with Crippen molar-refractivity contribution in [1.29, 1.82) is 0 Å². The quantitative estimate of drug-likeness (QED) is 0.359. The van der Waals surface area contributed by atoms with E-state index in [2.05, 4.69) is 10.1 Å². The molecular weight excluding hydrogens is 447 g/mol. The number of hydrogen-bond donors (Lipinski definition) is 1. The summed E-state index contributed by atoms with van der Waals surface area (Å²) in [6, 6.07) is 9.22. The highest BCUT2D eigenvalue weighted by molar-refractivity contribution is 5.93. The van der Waals surface area contributed by atoms with E-state index < -0.39 is 35.5 Å². The number of rotatable bonds is 8. The molecular formula is C21H20F3N3O6. The van der Waals surface area contributed by atoms with E-state index in [1.54, 1.807) is 0 Å². The SMILES string of the molecule is O=C(COC(=O)c1ccc(N2CCCC2)c([N+](=O)[O-])c1)NCc1ccccc1OC(F)(F)F. The van der Waals surface area contributed by atoms with Gasteiger partial charge in [-0.25, -0.2) is 4.79 Å². The second-order valence-corrected chi connectivity index (χ2v) is 7.16. The Hall–Kier alpha value is -3.83. The number of nitrogens with zero attached hydrogens (tertiary/aromatic N) is 2. The van der Waals surface area contributed by atoms with Crippen LogP contribution in [0, 0.1) is 10.1 Å². The van der Waals surface area contributed by atoms with E-state index in [1.165, 1.54) is 30.3 Å². The number of amides is 1. The predicted molar refractivity (Wildman–Crippen MR) is 110 cm³/mol. The monoisotopic (exact) mass is 467 g/mol. The highest BCUT2D eigenvalue weighted by Crippen LogP contribution is 2.32. The maximum absolute atomic E-state index is 12.5. The molecule has 2 aromatic rings. The van der Waals surface area contributed by atoms with Gasteiger partial charge >= 0.3 is 12.3 Å². The summed E-state index contributed by atoms with van der Waals surface area (Å²) in [7, 11) is 0. The van der Waals surface area contributed by atoms with E-state index in [1.807, 2.05) is 4.90 Å². The van der Waals surface area contributed by atoms with E-state index in [0.29, 0.717) is 18.8 Å². The molecule has 0 spiro atoms. The van der Waals surface area contributed by atoms with Crippen molar-refractivity contribution in [3.8, 4) is 5.75 Å². The minimum Gasteiger partial charge on any atom is -0.452 e. The Morgan fingerprint density at radius 3 is 2.48 bits per heavy atom. The third-order valence-corrected chi connectivity index (χ3v) is 4.86. The Morgan fingerprint density at radius 2 is 1.82 bits per heavy atom. The van der Waals surface area contributed by atoms with Crippen LogP contribution >= 0.6 is 0 Å².